The molecule has 0 atom stereocenters. The first kappa shape index (κ1) is 13.9. The average molecular weight is 218 g/mol. The lowest BCUT2D eigenvalue weighted by Crippen LogP contribution is -2.47. The first-order valence-electron chi connectivity index (χ1n) is 4.84. The van der Waals surface area contributed by atoms with Gasteiger partial charge in [0.05, 0.1) is 13.2 Å². The predicted octanol–water partition coefficient (Wildman–Crippen LogP) is -1.68. The Hall–Kier alpha value is -1.14. The van der Waals surface area contributed by atoms with Crippen LogP contribution in [0.1, 0.15) is 13.8 Å². The zero-order chi connectivity index (χ0) is 11.8. The highest BCUT2D eigenvalue weighted by Gasteiger charge is 2.21. The van der Waals surface area contributed by atoms with Crippen molar-refractivity contribution < 1.29 is 19.8 Å². The first-order valence-corrected chi connectivity index (χ1v) is 4.84. The highest BCUT2D eigenvalue weighted by Crippen LogP contribution is 1.90. The van der Waals surface area contributed by atoms with E-state index in [0.717, 1.165) is 4.90 Å². The Morgan fingerprint density at radius 3 is 2.00 bits per heavy atom. The predicted molar refractivity (Wildman–Crippen MR) is 54.0 cm³/mol. The summed E-state index contributed by atoms with van der Waals surface area (Å²) in [7, 11) is 0. The molecule has 6 nitrogen and oxygen atoms in total. The number of carbonyl (C=O) groups excluding carboxylic acids is 2. The van der Waals surface area contributed by atoms with E-state index in [-0.39, 0.29) is 32.3 Å². The average Bonchev–Trinajstić information content (AvgIpc) is 2.15. The second-order valence-corrected chi connectivity index (χ2v) is 3.37. The molecule has 0 aromatic carbocycles. The molecule has 0 aliphatic heterocycles. The van der Waals surface area contributed by atoms with E-state index in [1.807, 2.05) is 0 Å². The van der Waals surface area contributed by atoms with Crippen molar-refractivity contribution in [1.82, 2.24) is 10.2 Å². The van der Waals surface area contributed by atoms with E-state index in [1.165, 1.54) is 0 Å². The zero-order valence-electron chi connectivity index (χ0n) is 9.06. The molecule has 0 radical (unpaired) electrons. The minimum atomic E-state index is -0.730. The van der Waals surface area contributed by atoms with Crippen LogP contribution in [0.15, 0.2) is 0 Å². The van der Waals surface area contributed by atoms with Crippen LogP contribution in [0.5, 0.6) is 0 Å². The number of nitrogens with zero attached hydrogens (tertiary/aromatic N) is 1. The van der Waals surface area contributed by atoms with Gasteiger partial charge in [-0.3, -0.25) is 9.59 Å². The van der Waals surface area contributed by atoms with Gasteiger partial charge in [-0.25, -0.2) is 0 Å². The highest BCUT2D eigenvalue weighted by molar-refractivity contribution is 6.35. The van der Waals surface area contributed by atoms with Crippen molar-refractivity contribution in [3.63, 3.8) is 0 Å². The Morgan fingerprint density at radius 2 is 1.67 bits per heavy atom. The number of hydrogen-bond donors (Lipinski definition) is 3. The smallest absolute Gasteiger partial charge is 0.312 e. The largest absolute Gasteiger partial charge is 0.395 e. The van der Waals surface area contributed by atoms with Gasteiger partial charge in [-0.2, -0.15) is 0 Å². The summed E-state index contributed by atoms with van der Waals surface area (Å²) in [6, 6.07) is -0.119. The summed E-state index contributed by atoms with van der Waals surface area (Å²) < 4.78 is 0. The summed E-state index contributed by atoms with van der Waals surface area (Å²) >= 11 is 0. The van der Waals surface area contributed by atoms with Crippen molar-refractivity contribution in [2.45, 2.75) is 19.9 Å². The second kappa shape index (κ2) is 7.19. The third-order valence-corrected chi connectivity index (χ3v) is 1.64. The van der Waals surface area contributed by atoms with Gasteiger partial charge in [0.2, 0.25) is 0 Å². The molecular formula is C9H18N2O4. The van der Waals surface area contributed by atoms with Crippen molar-refractivity contribution in [1.29, 1.82) is 0 Å². The molecule has 0 saturated heterocycles. The summed E-state index contributed by atoms with van der Waals surface area (Å²) in [5.41, 5.74) is 0. The maximum atomic E-state index is 11.5. The van der Waals surface area contributed by atoms with Crippen LogP contribution in [0.2, 0.25) is 0 Å². The fourth-order valence-electron chi connectivity index (χ4n) is 1.02. The van der Waals surface area contributed by atoms with Gasteiger partial charge in [-0.05, 0) is 13.8 Å². The lowest BCUT2D eigenvalue weighted by molar-refractivity contribution is -0.146. The Balaban J connectivity index is 4.28. The van der Waals surface area contributed by atoms with Crippen molar-refractivity contribution in [3.05, 3.63) is 0 Å². The molecule has 0 bridgehead atoms. The van der Waals surface area contributed by atoms with E-state index >= 15 is 0 Å². The molecule has 0 heterocycles. The van der Waals surface area contributed by atoms with E-state index in [2.05, 4.69) is 5.32 Å². The van der Waals surface area contributed by atoms with Gasteiger partial charge in [0.15, 0.2) is 0 Å². The number of aliphatic hydroxyl groups is 2. The maximum absolute atomic E-state index is 11.5. The Kier molecular flexibility index (Phi) is 6.64. The summed E-state index contributed by atoms with van der Waals surface area (Å²) in [6.07, 6.45) is 0. The van der Waals surface area contributed by atoms with Gasteiger partial charge in [0, 0.05) is 19.1 Å². The number of nitrogens with one attached hydrogen (secondary N) is 1. The van der Waals surface area contributed by atoms with E-state index in [4.69, 9.17) is 10.2 Å². The van der Waals surface area contributed by atoms with Crippen LogP contribution >= 0.6 is 0 Å². The number of hydrogen-bond acceptors (Lipinski definition) is 4. The van der Waals surface area contributed by atoms with Crippen molar-refractivity contribution in [2.75, 3.05) is 26.3 Å². The molecule has 0 spiro atoms. The zero-order valence-corrected chi connectivity index (χ0v) is 9.06. The third kappa shape index (κ3) is 5.34. The van der Waals surface area contributed by atoms with Crippen molar-refractivity contribution >= 4 is 11.8 Å². The topological polar surface area (TPSA) is 89.9 Å². The fourth-order valence-corrected chi connectivity index (χ4v) is 1.02. The monoisotopic (exact) mass is 218 g/mol. The van der Waals surface area contributed by atoms with Crippen LogP contribution in [0.3, 0.4) is 0 Å². The van der Waals surface area contributed by atoms with E-state index in [1.54, 1.807) is 13.8 Å². The molecule has 0 rings (SSSR count). The Labute approximate surface area is 88.9 Å². The number of rotatable bonds is 5. The molecule has 0 aromatic rings. The lowest BCUT2D eigenvalue weighted by atomic mass is 10.3. The quantitative estimate of drug-likeness (QED) is 0.481. The van der Waals surface area contributed by atoms with Gasteiger partial charge in [-0.15, -0.1) is 0 Å². The summed E-state index contributed by atoms with van der Waals surface area (Å²) in [6.45, 7) is 3.11. The van der Waals surface area contributed by atoms with E-state index < -0.39 is 11.8 Å². The molecule has 0 aromatic heterocycles. The van der Waals surface area contributed by atoms with E-state index in [0.29, 0.717) is 0 Å². The molecule has 0 aliphatic rings. The van der Waals surface area contributed by atoms with Gasteiger partial charge in [0.1, 0.15) is 0 Å². The molecule has 15 heavy (non-hydrogen) atoms. The standard InChI is InChI=1S/C9H18N2O4/c1-7(2)10-8(14)9(15)11(3-5-12)4-6-13/h7,12-13H,3-6H2,1-2H3,(H,10,14). The molecule has 0 saturated carbocycles. The molecule has 0 unspecified atom stereocenters. The molecule has 88 valence electrons. The lowest BCUT2D eigenvalue weighted by Gasteiger charge is -2.20. The van der Waals surface area contributed by atoms with Crippen LogP contribution < -0.4 is 5.32 Å². The molecule has 3 N–H and O–H groups in total. The SMILES string of the molecule is CC(C)NC(=O)C(=O)N(CCO)CCO. The molecule has 6 heteroatoms. The van der Waals surface area contributed by atoms with Crippen LogP contribution in [0.4, 0.5) is 0 Å². The van der Waals surface area contributed by atoms with Gasteiger partial charge in [-0.1, -0.05) is 0 Å². The Bertz CT molecular complexity index is 212. The van der Waals surface area contributed by atoms with Gasteiger partial charge < -0.3 is 20.4 Å². The minimum absolute atomic E-state index is 0.0465. The Morgan fingerprint density at radius 1 is 1.20 bits per heavy atom. The van der Waals surface area contributed by atoms with Gasteiger partial charge >= 0.3 is 11.8 Å². The maximum Gasteiger partial charge on any atom is 0.312 e. The normalized spacial score (nSPS) is 10.2. The van der Waals surface area contributed by atoms with Crippen molar-refractivity contribution in [2.24, 2.45) is 0 Å². The molecular weight excluding hydrogens is 200 g/mol. The van der Waals surface area contributed by atoms with Crippen molar-refractivity contribution in [3.8, 4) is 0 Å². The fraction of sp³-hybridized carbons (Fsp3) is 0.778. The van der Waals surface area contributed by atoms with Crippen LogP contribution in [-0.4, -0.2) is 59.3 Å². The third-order valence-electron chi connectivity index (χ3n) is 1.64. The molecule has 2 amide bonds. The molecule has 0 fully saturated rings. The number of amides is 2. The van der Waals surface area contributed by atoms with Gasteiger partial charge in [0.25, 0.3) is 0 Å². The molecule has 0 aliphatic carbocycles. The van der Waals surface area contributed by atoms with Crippen LogP contribution in [0, 0.1) is 0 Å². The number of aliphatic hydroxyl groups excluding tert-OH is 2. The first-order chi connectivity index (χ1) is 7.02. The summed E-state index contributed by atoms with van der Waals surface area (Å²) in [4.78, 5) is 23.8. The van der Waals surface area contributed by atoms with Crippen LogP contribution in [0.25, 0.3) is 0 Å². The highest BCUT2D eigenvalue weighted by atomic mass is 16.3. The second-order valence-electron chi connectivity index (χ2n) is 3.37. The minimum Gasteiger partial charge on any atom is -0.395 e. The summed E-state index contributed by atoms with van der Waals surface area (Å²) in [5, 5.41) is 19.8. The van der Waals surface area contributed by atoms with Crippen LogP contribution in [-0.2, 0) is 9.59 Å². The van der Waals surface area contributed by atoms with E-state index in [9.17, 15) is 9.59 Å². The number of carbonyl (C=O) groups is 2. The summed E-state index contributed by atoms with van der Waals surface area (Å²) in [5.74, 6) is -1.45.